The summed E-state index contributed by atoms with van der Waals surface area (Å²) < 4.78 is 27.6. The molecule has 0 radical (unpaired) electrons. The van der Waals surface area contributed by atoms with E-state index in [2.05, 4.69) is 4.72 Å². The van der Waals surface area contributed by atoms with Crippen molar-refractivity contribution in [1.29, 1.82) is 0 Å². The minimum absolute atomic E-state index is 0.125. The molecule has 0 atom stereocenters. The van der Waals surface area contributed by atoms with Gasteiger partial charge >= 0.3 is 0 Å². The molecular weight excluding hydrogens is 286 g/mol. The van der Waals surface area contributed by atoms with E-state index < -0.39 is 10.0 Å². The molecule has 21 heavy (non-hydrogen) atoms. The summed E-state index contributed by atoms with van der Waals surface area (Å²) in [6.07, 6.45) is 0. The normalized spacial score (nSPS) is 11.2. The van der Waals surface area contributed by atoms with Crippen LogP contribution in [0.5, 0.6) is 0 Å². The first-order valence-corrected chi connectivity index (χ1v) is 7.95. The topological polar surface area (TPSA) is 75.4 Å². The monoisotopic (exact) mass is 305 g/mol. The third-order valence-corrected chi connectivity index (χ3v) is 4.73. The third-order valence-electron chi connectivity index (χ3n) is 3.13. The molecule has 0 bridgehead atoms. The molecule has 2 rings (SSSR count). The molecule has 0 unspecified atom stereocenters. The zero-order chi connectivity index (χ0) is 15.6. The summed E-state index contributed by atoms with van der Waals surface area (Å²) in [6.45, 7) is 1.72. The van der Waals surface area contributed by atoms with Crippen LogP contribution in [0.3, 0.4) is 0 Å². The molecule has 0 saturated heterocycles. The highest BCUT2D eigenvalue weighted by Crippen LogP contribution is 2.26. The van der Waals surface area contributed by atoms with Crippen LogP contribution in [0.4, 0.5) is 17.1 Å². The molecule has 3 N–H and O–H groups in total. The fourth-order valence-electron chi connectivity index (χ4n) is 2.10. The summed E-state index contributed by atoms with van der Waals surface area (Å²) >= 11 is 0. The molecular formula is C15H19N3O2S. The maximum atomic E-state index is 12.5. The van der Waals surface area contributed by atoms with E-state index in [1.54, 1.807) is 43.3 Å². The summed E-state index contributed by atoms with van der Waals surface area (Å²) in [5.41, 5.74) is 8.08. The molecule has 112 valence electrons. The van der Waals surface area contributed by atoms with Crippen molar-refractivity contribution < 1.29 is 8.42 Å². The lowest BCUT2D eigenvalue weighted by Gasteiger charge is -2.16. The smallest absolute Gasteiger partial charge is 0.264 e. The second-order valence-electron chi connectivity index (χ2n) is 5.04. The Morgan fingerprint density at radius 3 is 2.38 bits per heavy atom. The number of nitrogens with one attached hydrogen (secondary N) is 1. The SMILES string of the molecule is Cc1cccc(N)c1S(=O)(=O)Nc1cccc(N(C)C)c1. The number of anilines is 3. The summed E-state index contributed by atoms with van der Waals surface area (Å²) in [4.78, 5) is 2.03. The fourth-order valence-corrected chi connectivity index (χ4v) is 3.51. The first-order chi connectivity index (χ1) is 9.81. The van der Waals surface area contributed by atoms with Crippen molar-refractivity contribution in [2.24, 2.45) is 0 Å². The first-order valence-electron chi connectivity index (χ1n) is 6.46. The molecule has 0 aliphatic heterocycles. The van der Waals surface area contributed by atoms with Gasteiger partial charge in [0.25, 0.3) is 10.0 Å². The Balaban J connectivity index is 2.40. The molecule has 0 saturated carbocycles. The van der Waals surface area contributed by atoms with Gasteiger partial charge in [-0.3, -0.25) is 4.72 Å². The Bertz CT molecular complexity index is 735. The second kappa shape index (κ2) is 5.65. The second-order valence-corrected chi connectivity index (χ2v) is 6.66. The van der Waals surface area contributed by atoms with E-state index in [1.165, 1.54) is 0 Å². The Morgan fingerprint density at radius 2 is 1.76 bits per heavy atom. The number of benzene rings is 2. The van der Waals surface area contributed by atoms with Gasteiger partial charge in [0.2, 0.25) is 0 Å². The quantitative estimate of drug-likeness (QED) is 0.851. The highest BCUT2D eigenvalue weighted by molar-refractivity contribution is 7.93. The van der Waals surface area contributed by atoms with Crippen LogP contribution < -0.4 is 15.4 Å². The predicted molar refractivity (Wildman–Crippen MR) is 87.2 cm³/mol. The molecule has 0 heterocycles. The standard InChI is InChI=1S/C15H19N3O2S/c1-11-6-4-9-14(16)15(11)21(19,20)17-12-7-5-8-13(10-12)18(2)3/h4-10,17H,16H2,1-3H3. The molecule has 0 spiro atoms. The molecule has 0 aliphatic carbocycles. The van der Waals surface area contributed by atoms with Gasteiger partial charge in [0.05, 0.1) is 11.4 Å². The minimum Gasteiger partial charge on any atom is -0.398 e. The van der Waals surface area contributed by atoms with Gasteiger partial charge < -0.3 is 10.6 Å². The number of hydrogen-bond acceptors (Lipinski definition) is 4. The van der Waals surface area contributed by atoms with Gasteiger partial charge in [-0.25, -0.2) is 8.42 Å². The van der Waals surface area contributed by atoms with Crippen LogP contribution in [-0.4, -0.2) is 22.5 Å². The van der Waals surface area contributed by atoms with Crippen molar-refractivity contribution in [2.45, 2.75) is 11.8 Å². The van der Waals surface area contributed by atoms with Gasteiger partial charge in [-0.15, -0.1) is 0 Å². The van der Waals surface area contributed by atoms with Crippen LogP contribution in [0, 0.1) is 6.92 Å². The van der Waals surface area contributed by atoms with Crippen molar-refractivity contribution in [3.8, 4) is 0 Å². The average Bonchev–Trinajstić information content (AvgIpc) is 2.37. The minimum atomic E-state index is -3.71. The Kier molecular flexibility index (Phi) is 4.09. The predicted octanol–water partition coefficient (Wildman–Crippen LogP) is 2.44. The fraction of sp³-hybridized carbons (Fsp3) is 0.200. The zero-order valence-corrected chi connectivity index (χ0v) is 13.1. The lowest BCUT2D eigenvalue weighted by molar-refractivity contribution is 0.601. The Morgan fingerprint density at radius 1 is 1.10 bits per heavy atom. The van der Waals surface area contributed by atoms with E-state index in [0.29, 0.717) is 11.3 Å². The lowest BCUT2D eigenvalue weighted by atomic mass is 10.2. The number of nitrogen functional groups attached to an aromatic ring is 1. The van der Waals surface area contributed by atoms with Gasteiger partial charge in [0, 0.05) is 19.8 Å². The maximum Gasteiger partial charge on any atom is 0.264 e. The highest BCUT2D eigenvalue weighted by atomic mass is 32.2. The van der Waals surface area contributed by atoms with Gasteiger partial charge in [-0.1, -0.05) is 18.2 Å². The van der Waals surface area contributed by atoms with E-state index in [-0.39, 0.29) is 10.6 Å². The molecule has 6 heteroatoms. The molecule has 0 aliphatic rings. The van der Waals surface area contributed by atoms with E-state index in [4.69, 9.17) is 5.73 Å². The number of nitrogens with two attached hydrogens (primary N) is 1. The summed E-state index contributed by atoms with van der Waals surface area (Å²) in [6, 6.07) is 12.2. The van der Waals surface area contributed by atoms with Crippen molar-refractivity contribution in [3.05, 3.63) is 48.0 Å². The van der Waals surface area contributed by atoms with E-state index in [9.17, 15) is 8.42 Å². The largest absolute Gasteiger partial charge is 0.398 e. The Labute approximate surface area is 125 Å². The summed E-state index contributed by atoms with van der Waals surface area (Å²) in [5, 5.41) is 0. The van der Waals surface area contributed by atoms with Gasteiger partial charge in [-0.2, -0.15) is 0 Å². The molecule has 0 aromatic heterocycles. The molecule has 2 aromatic carbocycles. The van der Waals surface area contributed by atoms with Gasteiger partial charge in [0.1, 0.15) is 4.90 Å². The van der Waals surface area contributed by atoms with Crippen LogP contribution in [-0.2, 0) is 10.0 Å². The highest BCUT2D eigenvalue weighted by Gasteiger charge is 2.20. The van der Waals surface area contributed by atoms with Crippen LogP contribution >= 0.6 is 0 Å². The Hall–Kier alpha value is -2.21. The number of nitrogens with zero attached hydrogens (tertiary/aromatic N) is 1. The maximum absolute atomic E-state index is 12.5. The first kappa shape index (κ1) is 15.2. The van der Waals surface area contributed by atoms with Crippen molar-refractivity contribution in [1.82, 2.24) is 0 Å². The van der Waals surface area contributed by atoms with Gasteiger partial charge in [0.15, 0.2) is 0 Å². The number of aryl methyl sites for hydroxylation is 1. The van der Waals surface area contributed by atoms with Crippen molar-refractivity contribution in [3.63, 3.8) is 0 Å². The number of rotatable bonds is 4. The molecule has 0 fully saturated rings. The number of hydrogen-bond donors (Lipinski definition) is 2. The van der Waals surface area contributed by atoms with Crippen LogP contribution in [0.2, 0.25) is 0 Å². The molecule has 2 aromatic rings. The number of sulfonamides is 1. The van der Waals surface area contributed by atoms with E-state index in [1.807, 2.05) is 25.1 Å². The van der Waals surface area contributed by atoms with Crippen LogP contribution in [0.15, 0.2) is 47.4 Å². The van der Waals surface area contributed by atoms with Crippen LogP contribution in [0.1, 0.15) is 5.56 Å². The van der Waals surface area contributed by atoms with E-state index in [0.717, 1.165) is 5.69 Å². The van der Waals surface area contributed by atoms with Crippen LogP contribution in [0.25, 0.3) is 0 Å². The van der Waals surface area contributed by atoms with Crippen molar-refractivity contribution in [2.75, 3.05) is 29.5 Å². The molecule has 5 nitrogen and oxygen atoms in total. The summed E-state index contributed by atoms with van der Waals surface area (Å²) in [5.74, 6) is 0. The van der Waals surface area contributed by atoms with Crippen molar-refractivity contribution >= 4 is 27.1 Å². The lowest BCUT2D eigenvalue weighted by Crippen LogP contribution is -2.16. The van der Waals surface area contributed by atoms with Gasteiger partial charge in [-0.05, 0) is 36.8 Å². The average molecular weight is 305 g/mol. The zero-order valence-electron chi connectivity index (χ0n) is 12.3. The van der Waals surface area contributed by atoms with E-state index >= 15 is 0 Å². The molecule has 0 amide bonds. The summed E-state index contributed by atoms with van der Waals surface area (Å²) in [7, 11) is 0.0809. The third kappa shape index (κ3) is 3.28.